The molecule has 0 aliphatic rings. The lowest BCUT2D eigenvalue weighted by Crippen LogP contribution is -1.97. The van der Waals surface area contributed by atoms with Gasteiger partial charge in [0.25, 0.3) is 0 Å². The van der Waals surface area contributed by atoms with E-state index < -0.39 is 0 Å². The van der Waals surface area contributed by atoms with Crippen LogP contribution >= 0.6 is 22.6 Å². The number of hydrogen-bond donors (Lipinski definition) is 0. The zero-order chi connectivity index (χ0) is 8.81. The second-order valence-electron chi connectivity index (χ2n) is 2.23. The fourth-order valence-corrected chi connectivity index (χ4v) is 1.23. The van der Waals surface area contributed by atoms with Crippen LogP contribution in [0.3, 0.4) is 0 Å². The summed E-state index contributed by atoms with van der Waals surface area (Å²) < 4.78 is 6.50. The lowest BCUT2D eigenvalue weighted by molar-refractivity contribution is 0.322. The smallest absolute Gasteiger partial charge is 0.135 e. The average Bonchev–Trinajstić information content (AvgIpc) is 2.09. The average molecular weight is 275 g/mol. The van der Waals surface area contributed by atoms with Crippen molar-refractivity contribution in [1.29, 1.82) is 0 Å². The highest BCUT2D eigenvalue weighted by atomic mass is 127. The molecule has 3 heteroatoms. The summed E-state index contributed by atoms with van der Waals surface area (Å²) >= 11 is 2.20. The predicted octanol–water partition coefficient (Wildman–Crippen LogP) is 2.64. The molecule has 0 fully saturated rings. The summed E-state index contributed by atoms with van der Waals surface area (Å²) in [6, 6.07) is 1.87. The Kier molecular flexibility index (Phi) is 4.07. The van der Waals surface area contributed by atoms with Crippen molar-refractivity contribution in [3.63, 3.8) is 0 Å². The monoisotopic (exact) mass is 275 g/mol. The molecule has 64 valence electrons. The van der Waals surface area contributed by atoms with Crippen LogP contribution in [0.15, 0.2) is 31.1 Å². The zero-order valence-corrected chi connectivity index (χ0v) is 8.82. The topological polar surface area (TPSA) is 22.1 Å². The van der Waals surface area contributed by atoms with Crippen LogP contribution in [-0.2, 0) is 0 Å². The first-order valence-corrected chi connectivity index (χ1v) is 4.75. The third kappa shape index (κ3) is 2.81. The third-order valence-corrected chi connectivity index (χ3v) is 2.12. The van der Waals surface area contributed by atoms with E-state index >= 15 is 0 Å². The van der Waals surface area contributed by atoms with E-state index in [0.717, 1.165) is 15.7 Å². The van der Waals surface area contributed by atoms with Crippen LogP contribution in [0.4, 0.5) is 0 Å². The van der Waals surface area contributed by atoms with Crippen LogP contribution in [0.25, 0.3) is 0 Å². The highest BCUT2D eigenvalue weighted by Gasteiger charge is 1.97. The molecule has 12 heavy (non-hydrogen) atoms. The van der Waals surface area contributed by atoms with Gasteiger partial charge in [0.1, 0.15) is 5.75 Å². The lowest BCUT2D eigenvalue weighted by atomic mass is 10.4. The molecular weight excluding hydrogens is 265 g/mol. The van der Waals surface area contributed by atoms with Gasteiger partial charge < -0.3 is 4.74 Å². The van der Waals surface area contributed by atoms with Crippen molar-refractivity contribution in [2.24, 2.45) is 0 Å². The summed E-state index contributed by atoms with van der Waals surface area (Å²) in [5.41, 5.74) is 0. The molecule has 0 unspecified atom stereocenters. The van der Waals surface area contributed by atoms with Crippen molar-refractivity contribution in [3.05, 3.63) is 34.7 Å². The minimum atomic E-state index is 0.684. The maximum Gasteiger partial charge on any atom is 0.135 e. The first kappa shape index (κ1) is 9.51. The molecule has 2 nitrogen and oxygen atoms in total. The molecule has 0 saturated heterocycles. The highest BCUT2D eigenvalue weighted by molar-refractivity contribution is 14.1. The Morgan fingerprint density at radius 3 is 3.17 bits per heavy atom. The number of pyridine rings is 1. The highest BCUT2D eigenvalue weighted by Crippen LogP contribution is 2.18. The molecule has 0 aliphatic heterocycles. The van der Waals surface area contributed by atoms with Gasteiger partial charge in [0.05, 0.1) is 10.2 Å². The summed E-state index contributed by atoms with van der Waals surface area (Å²) in [6.07, 6.45) is 6.22. The maximum absolute atomic E-state index is 5.46. The van der Waals surface area contributed by atoms with Crippen LogP contribution in [0, 0.1) is 3.57 Å². The molecule has 0 spiro atoms. The van der Waals surface area contributed by atoms with E-state index in [0.29, 0.717) is 6.61 Å². The minimum absolute atomic E-state index is 0.684. The molecule has 1 heterocycles. The van der Waals surface area contributed by atoms with E-state index in [1.54, 1.807) is 12.4 Å². The molecule has 0 N–H and O–H groups in total. The molecule has 1 rings (SSSR count). The van der Waals surface area contributed by atoms with Crippen LogP contribution in [0.2, 0.25) is 0 Å². The molecular formula is C9H10INO. The summed E-state index contributed by atoms with van der Waals surface area (Å²) in [4.78, 5) is 3.97. The van der Waals surface area contributed by atoms with Gasteiger partial charge in [0, 0.05) is 12.4 Å². The first-order valence-electron chi connectivity index (χ1n) is 3.68. The van der Waals surface area contributed by atoms with Crippen molar-refractivity contribution in [2.45, 2.75) is 6.42 Å². The largest absolute Gasteiger partial charge is 0.492 e. The number of rotatable bonds is 4. The minimum Gasteiger partial charge on any atom is -0.492 e. The molecule has 0 atom stereocenters. The van der Waals surface area contributed by atoms with Gasteiger partial charge in [-0.25, -0.2) is 0 Å². The van der Waals surface area contributed by atoms with Crippen LogP contribution in [-0.4, -0.2) is 11.6 Å². The van der Waals surface area contributed by atoms with E-state index in [-0.39, 0.29) is 0 Å². The predicted molar refractivity (Wildman–Crippen MR) is 57.3 cm³/mol. The maximum atomic E-state index is 5.46. The molecule has 1 aromatic rings. The Labute approximate surface area is 85.8 Å². The number of halogens is 1. The van der Waals surface area contributed by atoms with Crippen molar-refractivity contribution in [1.82, 2.24) is 4.98 Å². The van der Waals surface area contributed by atoms with E-state index in [2.05, 4.69) is 34.2 Å². The van der Waals surface area contributed by atoms with Crippen molar-refractivity contribution in [2.75, 3.05) is 6.61 Å². The van der Waals surface area contributed by atoms with Crippen LogP contribution < -0.4 is 4.74 Å². The summed E-state index contributed by atoms with van der Waals surface area (Å²) in [7, 11) is 0. The fourth-order valence-electron chi connectivity index (χ4n) is 0.732. The van der Waals surface area contributed by atoms with Crippen LogP contribution in [0.1, 0.15) is 6.42 Å². The molecule has 0 bridgehead atoms. The summed E-state index contributed by atoms with van der Waals surface area (Å²) in [5.74, 6) is 0.896. The molecule has 0 saturated carbocycles. The summed E-state index contributed by atoms with van der Waals surface area (Å²) in [5, 5.41) is 0. The number of hydrogen-bond acceptors (Lipinski definition) is 2. The second kappa shape index (κ2) is 5.13. The van der Waals surface area contributed by atoms with Gasteiger partial charge in [-0.2, -0.15) is 0 Å². The lowest BCUT2D eigenvalue weighted by Gasteiger charge is -2.04. The Hall–Kier alpha value is -0.580. The number of nitrogens with zero attached hydrogens (tertiary/aromatic N) is 1. The zero-order valence-electron chi connectivity index (χ0n) is 6.66. The third-order valence-electron chi connectivity index (χ3n) is 1.31. The van der Waals surface area contributed by atoms with E-state index in [9.17, 15) is 0 Å². The van der Waals surface area contributed by atoms with Crippen molar-refractivity contribution in [3.8, 4) is 5.75 Å². The number of aromatic nitrogens is 1. The SMILES string of the molecule is C=CCCOc1ccncc1I. The quantitative estimate of drug-likeness (QED) is 0.479. The van der Waals surface area contributed by atoms with E-state index in [1.165, 1.54) is 0 Å². The van der Waals surface area contributed by atoms with Gasteiger partial charge >= 0.3 is 0 Å². The fraction of sp³-hybridized carbons (Fsp3) is 0.222. The van der Waals surface area contributed by atoms with Gasteiger partial charge in [-0.05, 0) is 35.1 Å². The van der Waals surface area contributed by atoms with Gasteiger partial charge in [-0.15, -0.1) is 6.58 Å². The normalized spacial score (nSPS) is 9.42. The molecule has 0 radical (unpaired) electrons. The van der Waals surface area contributed by atoms with Gasteiger partial charge in [0.2, 0.25) is 0 Å². The second-order valence-corrected chi connectivity index (χ2v) is 3.39. The van der Waals surface area contributed by atoms with Gasteiger partial charge in [-0.1, -0.05) is 6.08 Å². The van der Waals surface area contributed by atoms with Gasteiger partial charge in [-0.3, -0.25) is 4.98 Å². The molecule has 0 aliphatic carbocycles. The molecule has 0 amide bonds. The molecule has 1 aromatic heterocycles. The summed E-state index contributed by atoms with van der Waals surface area (Å²) in [6.45, 7) is 4.30. The Morgan fingerprint density at radius 2 is 2.50 bits per heavy atom. The first-order chi connectivity index (χ1) is 5.84. The van der Waals surface area contributed by atoms with Crippen LogP contribution in [0.5, 0.6) is 5.75 Å². The van der Waals surface area contributed by atoms with Gasteiger partial charge in [0.15, 0.2) is 0 Å². The number of ether oxygens (including phenoxy) is 1. The standard InChI is InChI=1S/C9H10INO/c1-2-3-6-12-9-4-5-11-7-8(9)10/h2,4-5,7H,1,3,6H2. The van der Waals surface area contributed by atoms with E-state index in [4.69, 9.17) is 4.74 Å². The van der Waals surface area contributed by atoms with E-state index in [1.807, 2.05) is 12.1 Å². The Balaban J connectivity index is 2.51. The Bertz CT molecular complexity index is 262. The van der Waals surface area contributed by atoms with Crippen molar-refractivity contribution < 1.29 is 4.74 Å². The molecule has 0 aromatic carbocycles. The Morgan fingerprint density at radius 1 is 1.67 bits per heavy atom. The van der Waals surface area contributed by atoms with Crippen molar-refractivity contribution >= 4 is 22.6 Å².